The van der Waals surface area contributed by atoms with E-state index in [0.717, 1.165) is 5.69 Å². The Hall–Kier alpha value is -0.240. The molecule has 0 aromatic carbocycles. The molecule has 0 aliphatic carbocycles. The molecule has 0 aliphatic heterocycles. The smallest absolute Gasteiger partial charge is 0.264 e. The van der Waals surface area contributed by atoms with E-state index in [2.05, 4.69) is 18.5 Å². The summed E-state index contributed by atoms with van der Waals surface area (Å²) >= 11 is 1.41. The Morgan fingerprint density at radius 2 is 1.46 bits per heavy atom. The molecule has 0 radical (unpaired) electrons. The molecule has 0 amide bonds. The van der Waals surface area contributed by atoms with Crippen LogP contribution in [0, 0.1) is 0 Å². The Labute approximate surface area is 177 Å². The minimum absolute atomic E-state index is 0.924. The van der Waals surface area contributed by atoms with E-state index in [1.54, 1.807) is 12.3 Å². The van der Waals surface area contributed by atoms with Gasteiger partial charge in [0.05, 0.1) is 5.69 Å². The molecule has 1 aromatic rings. The van der Waals surface area contributed by atoms with Gasteiger partial charge in [-0.2, -0.15) is 8.42 Å². The molecule has 1 aromatic heterocycles. The Bertz CT molecular complexity index is 492. The molecule has 2 N–H and O–H groups in total. The van der Waals surface area contributed by atoms with Crippen LogP contribution in [0.2, 0.25) is 3.67 Å². The van der Waals surface area contributed by atoms with Crippen LogP contribution < -0.4 is 0 Å². The third-order valence-electron chi connectivity index (χ3n) is 3.60. The fraction of sp³-hybridized carbons (Fsp3) is 0.632. The summed E-state index contributed by atoms with van der Waals surface area (Å²) in [5.74, 6) is 0. The van der Waals surface area contributed by atoms with Crippen molar-refractivity contribution >= 4 is 44.4 Å². The molecule has 1 rings (SSSR count). The summed E-state index contributed by atoms with van der Waals surface area (Å²) in [6.07, 6.45) is 18.2. The van der Waals surface area contributed by atoms with Crippen molar-refractivity contribution in [3.63, 3.8) is 0 Å². The average Bonchev–Trinajstić information content (AvgIpc) is 2.60. The van der Waals surface area contributed by atoms with Gasteiger partial charge in [-0.05, 0) is 18.2 Å². The van der Waals surface area contributed by atoms with E-state index in [1.165, 1.54) is 95.8 Å². The molecule has 0 fully saturated rings. The predicted molar refractivity (Wildman–Crippen MR) is 111 cm³/mol. The quantitative estimate of drug-likeness (QED) is 0.291. The van der Waals surface area contributed by atoms with Crippen molar-refractivity contribution in [1.82, 2.24) is 4.98 Å². The van der Waals surface area contributed by atoms with Gasteiger partial charge in [0.1, 0.15) is 0 Å². The van der Waals surface area contributed by atoms with Crippen molar-refractivity contribution in [1.29, 1.82) is 0 Å². The topological polar surface area (TPSA) is 87.5 Å². The van der Waals surface area contributed by atoms with Crippen molar-refractivity contribution in [2.45, 2.75) is 74.8 Å². The summed E-state index contributed by atoms with van der Waals surface area (Å²) < 4.78 is 33.1. The van der Waals surface area contributed by atoms with Gasteiger partial charge in [-0.15, -0.1) is 0 Å². The van der Waals surface area contributed by atoms with E-state index < -0.39 is 10.4 Å². The molecule has 0 saturated heterocycles. The van der Waals surface area contributed by atoms with Crippen LogP contribution in [0.15, 0.2) is 31.0 Å². The number of hydrogen-bond donors (Lipinski definition) is 2. The van der Waals surface area contributed by atoms with Crippen LogP contribution in [-0.2, 0) is 10.4 Å². The largest absolute Gasteiger partial charge is 0.394 e. The van der Waals surface area contributed by atoms with Crippen molar-refractivity contribution in [3.05, 3.63) is 36.7 Å². The van der Waals surface area contributed by atoms with E-state index >= 15 is 0 Å². The first-order valence-electron chi connectivity index (χ1n) is 9.58. The maximum atomic E-state index is 8.74. The van der Waals surface area contributed by atoms with E-state index in [9.17, 15) is 0 Å². The molecular formula is C19H34NNaO4S. The second kappa shape index (κ2) is 21.1. The van der Waals surface area contributed by atoms with Gasteiger partial charge in [0.25, 0.3) is 0 Å². The number of nitrogens with zero attached hydrogens (tertiary/aromatic N) is 1. The van der Waals surface area contributed by atoms with Crippen LogP contribution in [0.3, 0.4) is 0 Å². The Morgan fingerprint density at radius 3 is 1.77 bits per heavy atom. The molecule has 0 bridgehead atoms. The zero-order valence-electron chi connectivity index (χ0n) is 16.4. The first-order valence-corrected chi connectivity index (χ1v) is 12.4. The minimum Gasteiger partial charge on any atom is -0.264 e. The summed E-state index contributed by atoms with van der Waals surface area (Å²) in [5, 5.41) is 0. The van der Waals surface area contributed by atoms with Crippen LogP contribution in [-0.4, -0.2) is 50.4 Å². The molecular weight excluding hydrogens is 361 g/mol. The summed E-state index contributed by atoms with van der Waals surface area (Å²) in [6, 6.07) is 5.73. The summed E-state index contributed by atoms with van der Waals surface area (Å²) in [6.45, 7) is 5.85. The monoisotopic (exact) mass is 395 g/mol. The average molecular weight is 396 g/mol. The van der Waals surface area contributed by atoms with Crippen LogP contribution >= 0.6 is 0 Å². The van der Waals surface area contributed by atoms with Crippen LogP contribution in [0.25, 0.3) is 6.08 Å². The van der Waals surface area contributed by atoms with Crippen molar-refractivity contribution in [2.24, 2.45) is 0 Å². The molecule has 26 heavy (non-hydrogen) atoms. The minimum atomic E-state index is -4.67. The number of rotatable bonds is 11. The molecule has 146 valence electrons. The van der Waals surface area contributed by atoms with Gasteiger partial charge in [-0.1, -0.05) is 12.6 Å². The normalized spacial score (nSPS) is 10.2. The molecule has 1 heterocycles. The van der Waals surface area contributed by atoms with Gasteiger partial charge in [-0.25, -0.2) is 0 Å². The van der Waals surface area contributed by atoms with Crippen LogP contribution in [0.4, 0.5) is 0 Å². The molecule has 7 heteroatoms. The summed E-state index contributed by atoms with van der Waals surface area (Å²) in [5.41, 5.74) is 0.924. The molecule has 0 atom stereocenters. The standard InChI is InChI=1S/C12H25.C7H7N.Na.H2O4S/c1-3-5-7-9-11-12-10-8-6-4-2;1-2-7-5-3-4-6-8-7;;1-5(2,3)4/h1,3-12H2,2H3;2-6H,1H2;;(H2,1,2,3,4). The predicted octanol–water partition coefficient (Wildman–Crippen LogP) is 5.57. The van der Waals surface area contributed by atoms with Gasteiger partial charge < -0.3 is 0 Å². The Balaban J connectivity index is 0. The molecule has 0 spiro atoms. The first-order chi connectivity index (χ1) is 12.3. The summed E-state index contributed by atoms with van der Waals surface area (Å²) in [7, 11) is -4.67. The van der Waals surface area contributed by atoms with E-state index in [-0.39, 0.29) is 0 Å². The molecule has 0 aliphatic rings. The molecule has 0 unspecified atom stereocenters. The molecule has 0 saturated carbocycles. The van der Waals surface area contributed by atoms with Crippen LogP contribution in [0.5, 0.6) is 0 Å². The third-order valence-corrected chi connectivity index (χ3v) is 4.31. The van der Waals surface area contributed by atoms with Gasteiger partial charge in [-0.3, -0.25) is 14.1 Å². The summed E-state index contributed by atoms with van der Waals surface area (Å²) in [4.78, 5) is 3.98. The van der Waals surface area contributed by atoms with Crippen molar-refractivity contribution in [3.8, 4) is 0 Å². The maximum absolute atomic E-state index is 8.74. The maximum Gasteiger partial charge on any atom is 0.394 e. The second-order valence-electron chi connectivity index (χ2n) is 6.09. The molecule has 5 nitrogen and oxygen atoms in total. The van der Waals surface area contributed by atoms with Gasteiger partial charge in [0, 0.05) is 6.20 Å². The second-order valence-corrected chi connectivity index (χ2v) is 7.98. The number of pyridine rings is 1. The zero-order valence-corrected chi connectivity index (χ0v) is 19.3. The fourth-order valence-corrected chi connectivity index (χ4v) is 2.73. The third kappa shape index (κ3) is 31.5. The van der Waals surface area contributed by atoms with Crippen LogP contribution in [0.1, 0.15) is 76.8 Å². The Morgan fingerprint density at radius 1 is 1.00 bits per heavy atom. The van der Waals surface area contributed by atoms with Crippen molar-refractivity contribution in [2.75, 3.05) is 0 Å². The van der Waals surface area contributed by atoms with Crippen molar-refractivity contribution < 1.29 is 17.5 Å². The number of hydrogen-bond acceptors (Lipinski definition) is 3. The zero-order chi connectivity index (χ0) is 20.1. The fourth-order valence-electron chi connectivity index (χ4n) is 2.23. The van der Waals surface area contributed by atoms with E-state index in [1.807, 2.05) is 18.2 Å². The number of unbranched alkanes of at least 4 members (excludes halogenated alkanes) is 9. The van der Waals surface area contributed by atoms with E-state index in [0.29, 0.717) is 0 Å². The Kier molecular flexibility index (Phi) is 22.7. The SMILES string of the molecule is C=Cc1ccccn1.CCCCCCCCCCC[CH2][Na].O=S(=O)(O)O. The first kappa shape index (κ1) is 28.0. The van der Waals surface area contributed by atoms with Gasteiger partial charge in [0.15, 0.2) is 0 Å². The van der Waals surface area contributed by atoms with Gasteiger partial charge >= 0.3 is 113 Å². The number of aromatic nitrogens is 1. The van der Waals surface area contributed by atoms with Gasteiger partial charge in [0.2, 0.25) is 0 Å². The van der Waals surface area contributed by atoms with E-state index in [4.69, 9.17) is 17.5 Å².